The SMILES string of the molecule is Cc1cccc(-c2n[nH]c(-c3ccc(O)c([N+](=O)[O-])c3)n2)c1. The van der Waals surface area contributed by atoms with E-state index in [-0.39, 0.29) is 11.4 Å². The molecule has 3 rings (SSSR count). The van der Waals surface area contributed by atoms with Crippen LogP contribution in [0.3, 0.4) is 0 Å². The number of benzene rings is 2. The molecule has 1 aromatic heterocycles. The second-order valence-corrected chi connectivity index (χ2v) is 4.84. The van der Waals surface area contributed by atoms with Crippen LogP contribution < -0.4 is 0 Å². The molecule has 0 aliphatic rings. The van der Waals surface area contributed by atoms with E-state index >= 15 is 0 Å². The summed E-state index contributed by atoms with van der Waals surface area (Å²) in [6, 6.07) is 11.8. The number of rotatable bonds is 3. The van der Waals surface area contributed by atoms with Gasteiger partial charge in [0.2, 0.25) is 0 Å². The number of aromatic amines is 1. The number of H-pyrrole nitrogens is 1. The normalized spacial score (nSPS) is 10.6. The summed E-state index contributed by atoms with van der Waals surface area (Å²) in [5.74, 6) is 0.529. The molecule has 0 aliphatic carbocycles. The molecule has 0 aliphatic heterocycles. The van der Waals surface area contributed by atoms with Crippen molar-refractivity contribution in [3.8, 4) is 28.5 Å². The van der Waals surface area contributed by atoms with Gasteiger partial charge in [0.05, 0.1) is 4.92 Å². The van der Waals surface area contributed by atoms with Crippen molar-refractivity contribution in [1.82, 2.24) is 15.2 Å². The molecule has 3 aromatic rings. The van der Waals surface area contributed by atoms with Crippen LogP contribution in [0.1, 0.15) is 5.56 Å². The Morgan fingerprint density at radius 2 is 2.00 bits per heavy atom. The van der Waals surface area contributed by atoms with Crippen molar-refractivity contribution >= 4 is 5.69 Å². The fourth-order valence-electron chi connectivity index (χ4n) is 2.12. The van der Waals surface area contributed by atoms with E-state index in [1.54, 1.807) is 6.07 Å². The molecule has 0 radical (unpaired) electrons. The standard InChI is InChI=1S/C15H12N4O3/c1-9-3-2-4-10(7-9)14-16-15(18-17-14)11-5-6-13(20)12(8-11)19(21)22/h2-8,20H,1H3,(H,16,17,18). The summed E-state index contributed by atoms with van der Waals surface area (Å²) < 4.78 is 0. The monoisotopic (exact) mass is 296 g/mol. The minimum absolute atomic E-state index is 0.369. The molecule has 0 atom stereocenters. The summed E-state index contributed by atoms with van der Waals surface area (Å²) in [7, 11) is 0. The number of hydrogen-bond acceptors (Lipinski definition) is 5. The van der Waals surface area contributed by atoms with Crippen molar-refractivity contribution in [3.05, 3.63) is 58.1 Å². The predicted molar refractivity (Wildman–Crippen MR) is 80.3 cm³/mol. The van der Waals surface area contributed by atoms with Crippen LogP contribution in [0.25, 0.3) is 22.8 Å². The molecule has 0 bridgehead atoms. The Bertz CT molecular complexity index is 857. The van der Waals surface area contributed by atoms with Crippen LogP contribution >= 0.6 is 0 Å². The highest BCUT2D eigenvalue weighted by molar-refractivity contribution is 5.65. The zero-order valence-electron chi connectivity index (χ0n) is 11.6. The Balaban J connectivity index is 2.01. The highest BCUT2D eigenvalue weighted by Gasteiger charge is 2.16. The Morgan fingerprint density at radius 1 is 1.18 bits per heavy atom. The van der Waals surface area contributed by atoms with Gasteiger partial charge in [0.15, 0.2) is 17.4 Å². The third-order valence-corrected chi connectivity index (χ3v) is 3.21. The number of hydrogen-bond donors (Lipinski definition) is 2. The molecule has 0 unspecified atom stereocenters. The molecular formula is C15H12N4O3. The lowest BCUT2D eigenvalue weighted by Gasteiger charge is -1.99. The van der Waals surface area contributed by atoms with Crippen LogP contribution in [0.15, 0.2) is 42.5 Å². The molecule has 22 heavy (non-hydrogen) atoms. The topological polar surface area (TPSA) is 105 Å². The molecular weight excluding hydrogens is 284 g/mol. The Kier molecular flexibility index (Phi) is 3.30. The Labute approximate surface area is 125 Å². The molecule has 110 valence electrons. The third kappa shape index (κ3) is 2.51. The number of phenols is 1. The maximum atomic E-state index is 10.9. The summed E-state index contributed by atoms with van der Waals surface area (Å²) in [5, 5.41) is 27.2. The molecule has 0 saturated carbocycles. The molecule has 1 heterocycles. The van der Waals surface area contributed by atoms with Gasteiger partial charge in [0, 0.05) is 17.2 Å². The van der Waals surface area contributed by atoms with Crippen LogP contribution in [-0.4, -0.2) is 25.2 Å². The number of nitrogens with one attached hydrogen (secondary N) is 1. The van der Waals surface area contributed by atoms with Gasteiger partial charge in [-0.05, 0) is 25.1 Å². The summed E-state index contributed by atoms with van der Waals surface area (Å²) in [6.45, 7) is 1.97. The fourth-order valence-corrected chi connectivity index (χ4v) is 2.12. The maximum Gasteiger partial charge on any atom is 0.311 e. The van der Waals surface area contributed by atoms with Crippen molar-refractivity contribution in [2.45, 2.75) is 6.92 Å². The first-order valence-corrected chi connectivity index (χ1v) is 6.52. The first-order chi connectivity index (χ1) is 10.5. The lowest BCUT2D eigenvalue weighted by molar-refractivity contribution is -0.385. The predicted octanol–water partition coefficient (Wildman–Crippen LogP) is 3.06. The highest BCUT2D eigenvalue weighted by Crippen LogP contribution is 2.30. The average Bonchev–Trinajstić information content (AvgIpc) is 2.97. The number of nitro groups is 1. The van der Waals surface area contributed by atoms with Gasteiger partial charge in [-0.25, -0.2) is 4.98 Å². The summed E-state index contributed by atoms with van der Waals surface area (Å²) in [4.78, 5) is 14.6. The zero-order chi connectivity index (χ0) is 15.7. The first kappa shape index (κ1) is 13.7. The van der Waals surface area contributed by atoms with Gasteiger partial charge in [-0.15, -0.1) is 0 Å². The summed E-state index contributed by atoms with van der Waals surface area (Å²) in [6.07, 6.45) is 0. The second-order valence-electron chi connectivity index (χ2n) is 4.84. The van der Waals surface area contributed by atoms with Crippen molar-refractivity contribution < 1.29 is 10.0 Å². The lowest BCUT2D eigenvalue weighted by atomic mass is 10.1. The number of aromatic nitrogens is 3. The van der Waals surface area contributed by atoms with E-state index < -0.39 is 4.92 Å². The van der Waals surface area contributed by atoms with Crippen LogP contribution in [-0.2, 0) is 0 Å². The molecule has 7 heteroatoms. The van der Waals surface area contributed by atoms with Crippen LogP contribution in [0.4, 0.5) is 5.69 Å². The number of nitrogens with zero attached hydrogens (tertiary/aromatic N) is 3. The molecule has 7 nitrogen and oxygen atoms in total. The van der Waals surface area contributed by atoms with Gasteiger partial charge in [-0.3, -0.25) is 15.2 Å². The average molecular weight is 296 g/mol. The van der Waals surface area contributed by atoms with Gasteiger partial charge in [0.1, 0.15) is 0 Å². The maximum absolute atomic E-state index is 10.9. The van der Waals surface area contributed by atoms with E-state index in [9.17, 15) is 15.2 Å². The molecule has 0 spiro atoms. The third-order valence-electron chi connectivity index (χ3n) is 3.21. The number of nitro benzene ring substituents is 1. The molecule has 0 fully saturated rings. The molecule has 0 saturated heterocycles. The largest absolute Gasteiger partial charge is 0.502 e. The zero-order valence-corrected chi connectivity index (χ0v) is 11.6. The molecule has 0 amide bonds. The Morgan fingerprint density at radius 3 is 2.73 bits per heavy atom. The van der Waals surface area contributed by atoms with E-state index in [0.29, 0.717) is 17.2 Å². The van der Waals surface area contributed by atoms with Crippen molar-refractivity contribution in [3.63, 3.8) is 0 Å². The van der Waals surface area contributed by atoms with Crippen molar-refractivity contribution in [2.24, 2.45) is 0 Å². The summed E-state index contributed by atoms with van der Waals surface area (Å²) in [5.41, 5.74) is 2.06. The van der Waals surface area contributed by atoms with Crippen molar-refractivity contribution in [2.75, 3.05) is 0 Å². The number of aryl methyl sites for hydroxylation is 1. The second kappa shape index (κ2) is 5.28. The lowest BCUT2D eigenvalue weighted by Crippen LogP contribution is -1.90. The number of phenolic OH excluding ortho intramolecular Hbond substituents is 1. The highest BCUT2D eigenvalue weighted by atomic mass is 16.6. The number of aromatic hydroxyl groups is 1. The van der Waals surface area contributed by atoms with Crippen molar-refractivity contribution in [1.29, 1.82) is 0 Å². The first-order valence-electron chi connectivity index (χ1n) is 6.52. The summed E-state index contributed by atoms with van der Waals surface area (Å²) >= 11 is 0. The van der Waals surface area contributed by atoms with Crippen LogP contribution in [0.2, 0.25) is 0 Å². The van der Waals surface area contributed by atoms with Gasteiger partial charge in [-0.1, -0.05) is 23.8 Å². The van der Waals surface area contributed by atoms with E-state index in [1.807, 2.05) is 31.2 Å². The van der Waals surface area contributed by atoms with Gasteiger partial charge in [0.25, 0.3) is 0 Å². The van der Waals surface area contributed by atoms with Crippen LogP contribution in [0.5, 0.6) is 5.75 Å². The minimum atomic E-state index is -0.642. The van der Waals surface area contributed by atoms with Gasteiger partial charge in [-0.2, -0.15) is 5.10 Å². The quantitative estimate of drug-likeness (QED) is 0.571. The van der Waals surface area contributed by atoms with E-state index in [1.165, 1.54) is 12.1 Å². The van der Waals surface area contributed by atoms with Gasteiger partial charge < -0.3 is 5.11 Å². The van der Waals surface area contributed by atoms with E-state index in [2.05, 4.69) is 15.2 Å². The minimum Gasteiger partial charge on any atom is -0.502 e. The van der Waals surface area contributed by atoms with E-state index in [4.69, 9.17) is 0 Å². The fraction of sp³-hybridized carbons (Fsp3) is 0.0667. The Hall–Kier alpha value is -3.22. The van der Waals surface area contributed by atoms with Gasteiger partial charge >= 0.3 is 5.69 Å². The van der Waals surface area contributed by atoms with Crippen LogP contribution in [0, 0.1) is 17.0 Å². The molecule has 2 N–H and O–H groups in total. The molecule has 2 aromatic carbocycles. The smallest absolute Gasteiger partial charge is 0.311 e. The van der Waals surface area contributed by atoms with E-state index in [0.717, 1.165) is 11.1 Å².